The van der Waals surface area contributed by atoms with Crippen molar-refractivity contribution in [1.82, 2.24) is 15.3 Å². The molecule has 0 aliphatic carbocycles. The summed E-state index contributed by atoms with van der Waals surface area (Å²) in [5.41, 5.74) is 3.46. The number of methoxy groups -OCH3 is 1. The minimum Gasteiger partial charge on any atom is -0.481 e. The number of rotatable bonds is 5. The van der Waals surface area contributed by atoms with Gasteiger partial charge in [-0.25, -0.2) is 10.8 Å². The van der Waals surface area contributed by atoms with Crippen molar-refractivity contribution in [2.45, 2.75) is 19.3 Å². The van der Waals surface area contributed by atoms with Crippen molar-refractivity contribution in [3.05, 3.63) is 23.9 Å². The Bertz CT molecular complexity index is 445. The normalized spacial score (nSPS) is 16.9. The molecule has 1 fully saturated rings. The molecule has 0 saturated carbocycles. The van der Waals surface area contributed by atoms with E-state index in [0.717, 1.165) is 38.9 Å². The summed E-state index contributed by atoms with van der Waals surface area (Å²) in [5.74, 6) is 5.85. The number of carbonyl (C=O) groups is 1. The number of nitrogens with one attached hydrogen (secondary N) is 1. The molecule has 1 aliphatic heterocycles. The maximum atomic E-state index is 11.4. The van der Waals surface area contributed by atoms with Gasteiger partial charge in [-0.1, -0.05) is 0 Å². The van der Waals surface area contributed by atoms with Crippen LogP contribution >= 0.6 is 0 Å². The van der Waals surface area contributed by atoms with Gasteiger partial charge in [-0.15, -0.1) is 0 Å². The Morgan fingerprint density at radius 2 is 2.30 bits per heavy atom. The molecule has 110 valence electrons. The molecular weight excluding hydrogens is 256 g/mol. The average Bonchev–Trinajstić information content (AvgIpc) is 2.53. The largest absolute Gasteiger partial charge is 0.481 e. The van der Waals surface area contributed by atoms with Crippen LogP contribution in [-0.4, -0.2) is 42.5 Å². The number of piperidine rings is 1. The molecule has 1 amide bonds. The Morgan fingerprint density at radius 3 is 2.95 bits per heavy atom. The second kappa shape index (κ2) is 7.21. The summed E-state index contributed by atoms with van der Waals surface area (Å²) in [7, 11) is 1.62. The first-order valence-corrected chi connectivity index (χ1v) is 6.94. The molecule has 0 aromatic carbocycles. The number of ether oxygens (including phenoxy) is 1. The van der Waals surface area contributed by atoms with E-state index in [1.54, 1.807) is 13.3 Å². The SMILES string of the molecule is COc1cc(CCN2CCC(C(=O)NN)CC2)ccn1. The maximum absolute atomic E-state index is 11.4. The molecule has 2 heterocycles. The second-order valence-electron chi connectivity index (χ2n) is 5.08. The highest BCUT2D eigenvalue weighted by molar-refractivity contribution is 5.78. The van der Waals surface area contributed by atoms with Crippen LogP contribution in [0.5, 0.6) is 5.88 Å². The molecule has 1 aromatic heterocycles. The van der Waals surface area contributed by atoms with Gasteiger partial charge >= 0.3 is 0 Å². The molecule has 2 rings (SSSR count). The van der Waals surface area contributed by atoms with Gasteiger partial charge in [0.25, 0.3) is 0 Å². The van der Waals surface area contributed by atoms with Gasteiger partial charge in [0, 0.05) is 24.7 Å². The monoisotopic (exact) mass is 278 g/mol. The van der Waals surface area contributed by atoms with E-state index < -0.39 is 0 Å². The van der Waals surface area contributed by atoms with Crippen LogP contribution in [0.1, 0.15) is 18.4 Å². The lowest BCUT2D eigenvalue weighted by Gasteiger charge is -2.30. The van der Waals surface area contributed by atoms with Gasteiger partial charge in [0.1, 0.15) is 0 Å². The standard InChI is InChI=1S/C14H22N4O2/c1-20-13-10-11(2-6-16-13)3-7-18-8-4-12(5-9-18)14(19)17-15/h2,6,10,12H,3-5,7-9,15H2,1H3,(H,17,19). The van der Waals surface area contributed by atoms with E-state index in [-0.39, 0.29) is 11.8 Å². The Hall–Kier alpha value is -1.66. The minimum absolute atomic E-state index is 0.0384. The molecule has 6 nitrogen and oxygen atoms in total. The van der Waals surface area contributed by atoms with Crippen LogP contribution < -0.4 is 16.0 Å². The number of nitrogens with two attached hydrogens (primary N) is 1. The third kappa shape index (κ3) is 3.91. The van der Waals surface area contributed by atoms with E-state index in [1.165, 1.54) is 5.56 Å². The third-order valence-corrected chi connectivity index (χ3v) is 3.83. The lowest BCUT2D eigenvalue weighted by atomic mass is 9.96. The molecule has 0 radical (unpaired) electrons. The molecule has 0 spiro atoms. The zero-order chi connectivity index (χ0) is 14.4. The number of amides is 1. The van der Waals surface area contributed by atoms with Gasteiger partial charge in [0.2, 0.25) is 11.8 Å². The van der Waals surface area contributed by atoms with Crippen LogP contribution in [0.25, 0.3) is 0 Å². The number of hydrazine groups is 1. The zero-order valence-electron chi connectivity index (χ0n) is 11.8. The quantitative estimate of drug-likeness (QED) is 0.461. The molecule has 1 saturated heterocycles. The number of hydrogen-bond acceptors (Lipinski definition) is 5. The number of aromatic nitrogens is 1. The molecule has 0 unspecified atom stereocenters. The topological polar surface area (TPSA) is 80.5 Å². The highest BCUT2D eigenvalue weighted by Crippen LogP contribution is 2.18. The van der Waals surface area contributed by atoms with Crippen molar-refractivity contribution in [3.63, 3.8) is 0 Å². The smallest absolute Gasteiger partial charge is 0.237 e. The third-order valence-electron chi connectivity index (χ3n) is 3.83. The Balaban J connectivity index is 1.77. The summed E-state index contributed by atoms with van der Waals surface area (Å²) < 4.78 is 5.12. The van der Waals surface area contributed by atoms with Crippen LogP contribution in [0.4, 0.5) is 0 Å². The van der Waals surface area contributed by atoms with Crippen molar-refractivity contribution in [3.8, 4) is 5.88 Å². The summed E-state index contributed by atoms with van der Waals surface area (Å²) >= 11 is 0. The fourth-order valence-electron chi connectivity index (χ4n) is 2.54. The molecule has 1 aliphatic rings. The van der Waals surface area contributed by atoms with Gasteiger partial charge in [0.05, 0.1) is 7.11 Å². The first-order chi connectivity index (χ1) is 9.72. The summed E-state index contributed by atoms with van der Waals surface area (Å²) in [6, 6.07) is 3.98. The second-order valence-corrected chi connectivity index (χ2v) is 5.08. The van der Waals surface area contributed by atoms with Gasteiger partial charge in [0.15, 0.2) is 0 Å². The number of likely N-dealkylation sites (tertiary alicyclic amines) is 1. The summed E-state index contributed by atoms with van der Waals surface area (Å²) in [6.45, 7) is 2.88. The first kappa shape index (κ1) is 14.7. The molecular formula is C14H22N4O2. The molecule has 0 atom stereocenters. The fourth-order valence-corrected chi connectivity index (χ4v) is 2.54. The number of hydrogen-bond donors (Lipinski definition) is 2. The van der Waals surface area contributed by atoms with E-state index in [2.05, 4.69) is 15.3 Å². The maximum Gasteiger partial charge on any atom is 0.237 e. The van der Waals surface area contributed by atoms with Crippen molar-refractivity contribution >= 4 is 5.91 Å². The van der Waals surface area contributed by atoms with Gasteiger partial charge in [-0.2, -0.15) is 0 Å². The highest BCUT2D eigenvalue weighted by atomic mass is 16.5. The summed E-state index contributed by atoms with van der Waals surface area (Å²) in [5, 5.41) is 0. The summed E-state index contributed by atoms with van der Waals surface area (Å²) in [6.07, 6.45) is 4.49. The van der Waals surface area contributed by atoms with E-state index >= 15 is 0 Å². The van der Waals surface area contributed by atoms with Crippen molar-refractivity contribution in [1.29, 1.82) is 0 Å². The van der Waals surface area contributed by atoms with Gasteiger partial charge in [-0.3, -0.25) is 10.2 Å². The number of carbonyl (C=O) groups excluding carboxylic acids is 1. The Morgan fingerprint density at radius 1 is 1.55 bits per heavy atom. The molecule has 20 heavy (non-hydrogen) atoms. The lowest BCUT2D eigenvalue weighted by molar-refractivity contribution is -0.126. The Kier molecular flexibility index (Phi) is 5.31. The van der Waals surface area contributed by atoms with Gasteiger partial charge in [-0.05, 0) is 44.0 Å². The highest BCUT2D eigenvalue weighted by Gasteiger charge is 2.23. The molecule has 6 heteroatoms. The van der Waals surface area contributed by atoms with Crippen LogP contribution in [-0.2, 0) is 11.2 Å². The van der Waals surface area contributed by atoms with Crippen molar-refractivity contribution in [2.75, 3.05) is 26.7 Å². The van der Waals surface area contributed by atoms with Crippen LogP contribution in [0.2, 0.25) is 0 Å². The predicted octanol–water partition coefficient (Wildman–Crippen LogP) is 0.335. The predicted molar refractivity (Wildman–Crippen MR) is 76.0 cm³/mol. The zero-order valence-corrected chi connectivity index (χ0v) is 11.8. The van der Waals surface area contributed by atoms with E-state index in [0.29, 0.717) is 5.88 Å². The molecule has 3 N–H and O–H groups in total. The fraction of sp³-hybridized carbons (Fsp3) is 0.571. The van der Waals surface area contributed by atoms with E-state index in [4.69, 9.17) is 10.6 Å². The van der Waals surface area contributed by atoms with Crippen LogP contribution in [0.3, 0.4) is 0 Å². The molecule has 1 aromatic rings. The average molecular weight is 278 g/mol. The number of nitrogens with zero attached hydrogens (tertiary/aromatic N) is 2. The Labute approximate surface area is 119 Å². The molecule has 0 bridgehead atoms. The lowest BCUT2D eigenvalue weighted by Crippen LogP contribution is -2.43. The van der Waals surface area contributed by atoms with Crippen molar-refractivity contribution < 1.29 is 9.53 Å². The van der Waals surface area contributed by atoms with E-state index in [9.17, 15) is 4.79 Å². The van der Waals surface area contributed by atoms with E-state index in [1.807, 2.05) is 12.1 Å². The van der Waals surface area contributed by atoms with Crippen molar-refractivity contribution in [2.24, 2.45) is 11.8 Å². The number of pyridine rings is 1. The van der Waals surface area contributed by atoms with Gasteiger partial charge < -0.3 is 9.64 Å². The van der Waals surface area contributed by atoms with Crippen LogP contribution in [0.15, 0.2) is 18.3 Å². The first-order valence-electron chi connectivity index (χ1n) is 6.94. The summed E-state index contributed by atoms with van der Waals surface area (Å²) in [4.78, 5) is 17.9. The minimum atomic E-state index is -0.0384. The van der Waals surface area contributed by atoms with Crippen LogP contribution in [0, 0.1) is 5.92 Å².